The van der Waals surface area contributed by atoms with E-state index in [1.54, 1.807) is 4.90 Å². The maximum Gasteiger partial charge on any atom is 0.410 e. The summed E-state index contributed by atoms with van der Waals surface area (Å²) in [4.78, 5) is 13.4. The fourth-order valence-electron chi connectivity index (χ4n) is 2.35. The lowest BCUT2D eigenvalue weighted by molar-refractivity contribution is -0.00455. The van der Waals surface area contributed by atoms with Gasteiger partial charge < -0.3 is 14.7 Å². The number of aliphatic hydroxyl groups excluding tert-OH is 1. The van der Waals surface area contributed by atoms with Crippen LogP contribution in [0.1, 0.15) is 27.2 Å². The van der Waals surface area contributed by atoms with E-state index in [1.807, 2.05) is 20.8 Å². The minimum atomic E-state index is -0.433. The number of aliphatic hydroxyl groups is 1. The van der Waals surface area contributed by atoms with Crippen LogP contribution in [0.2, 0.25) is 0 Å². The predicted octanol–water partition coefficient (Wildman–Crippen LogP) is 1.23. The Hall–Kier alpha value is -0.770. The highest BCUT2D eigenvalue weighted by molar-refractivity contribution is 5.68. The Morgan fingerprint density at radius 1 is 1.40 bits per heavy atom. The molecule has 86 valence electrons. The molecule has 2 rings (SSSR count). The van der Waals surface area contributed by atoms with Crippen LogP contribution in [0.5, 0.6) is 0 Å². The predicted molar refractivity (Wildman–Crippen MR) is 55.4 cm³/mol. The molecule has 2 aliphatic rings. The smallest absolute Gasteiger partial charge is 0.410 e. The van der Waals surface area contributed by atoms with E-state index in [4.69, 9.17) is 4.74 Å². The van der Waals surface area contributed by atoms with E-state index in [0.717, 1.165) is 13.0 Å². The first-order valence-corrected chi connectivity index (χ1v) is 5.53. The number of hydrogen-bond acceptors (Lipinski definition) is 3. The Balaban J connectivity index is 1.88. The molecule has 4 nitrogen and oxygen atoms in total. The molecular weight excluding hydrogens is 194 g/mol. The third-order valence-electron chi connectivity index (χ3n) is 3.18. The highest BCUT2D eigenvalue weighted by Crippen LogP contribution is 2.41. The molecule has 1 N–H and O–H groups in total. The van der Waals surface area contributed by atoms with Crippen LogP contribution >= 0.6 is 0 Å². The van der Waals surface area contributed by atoms with Gasteiger partial charge in [0.1, 0.15) is 5.60 Å². The molecule has 0 aromatic heterocycles. The van der Waals surface area contributed by atoms with Gasteiger partial charge in [-0.3, -0.25) is 0 Å². The van der Waals surface area contributed by atoms with Crippen LogP contribution in [-0.4, -0.2) is 40.9 Å². The van der Waals surface area contributed by atoms with Crippen LogP contribution in [0, 0.1) is 11.8 Å². The molecule has 1 aliphatic heterocycles. The number of fused-ring (bicyclic) bond motifs is 1. The van der Waals surface area contributed by atoms with Crippen molar-refractivity contribution in [2.75, 3.05) is 13.1 Å². The molecule has 0 aromatic carbocycles. The summed E-state index contributed by atoms with van der Waals surface area (Å²) in [5.74, 6) is 0.782. The molecular formula is C11H19NO3. The first-order chi connectivity index (χ1) is 6.87. The second kappa shape index (κ2) is 3.37. The van der Waals surface area contributed by atoms with Crippen LogP contribution in [0.15, 0.2) is 0 Å². The van der Waals surface area contributed by atoms with Crippen molar-refractivity contribution in [2.24, 2.45) is 11.8 Å². The van der Waals surface area contributed by atoms with Crippen LogP contribution in [0.4, 0.5) is 4.79 Å². The second-order valence-corrected chi connectivity index (χ2v) is 5.61. The van der Waals surface area contributed by atoms with Gasteiger partial charge in [0, 0.05) is 19.0 Å². The van der Waals surface area contributed by atoms with Gasteiger partial charge in [-0.1, -0.05) is 0 Å². The first-order valence-electron chi connectivity index (χ1n) is 5.53. The molecule has 2 fully saturated rings. The first kappa shape index (κ1) is 10.7. The molecule has 0 radical (unpaired) electrons. The molecule has 0 bridgehead atoms. The SMILES string of the molecule is CC(C)(C)OC(=O)N1C[C@H]2CC(O)[C@H]2C1. The summed E-state index contributed by atoms with van der Waals surface area (Å²) >= 11 is 0. The number of carbonyl (C=O) groups is 1. The lowest BCUT2D eigenvalue weighted by atomic mass is 9.74. The summed E-state index contributed by atoms with van der Waals surface area (Å²) in [6, 6.07) is 0. The fourth-order valence-corrected chi connectivity index (χ4v) is 2.35. The van der Waals surface area contributed by atoms with Gasteiger partial charge in [-0.15, -0.1) is 0 Å². The number of likely N-dealkylation sites (tertiary alicyclic amines) is 1. The molecule has 1 aliphatic carbocycles. The molecule has 1 heterocycles. The molecule has 0 aromatic rings. The fraction of sp³-hybridized carbons (Fsp3) is 0.909. The molecule has 1 saturated carbocycles. The van der Waals surface area contributed by atoms with Crippen molar-refractivity contribution in [2.45, 2.75) is 38.9 Å². The zero-order chi connectivity index (χ0) is 11.2. The molecule has 1 saturated heterocycles. The van der Waals surface area contributed by atoms with E-state index < -0.39 is 5.60 Å². The largest absolute Gasteiger partial charge is 0.444 e. The van der Waals surface area contributed by atoms with Gasteiger partial charge in [0.2, 0.25) is 0 Å². The van der Waals surface area contributed by atoms with Crippen molar-refractivity contribution in [1.82, 2.24) is 4.90 Å². The Bertz CT molecular complexity index is 271. The Morgan fingerprint density at radius 2 is 2.07 bits per heavy atom. The molecule has 15 heavy (non-hydrogen) atoms. The lowest BCUT2D eigenvalue weighted by Gasteiger charge is -2.34. The minimum absolute atomic E-state index is 0.206. The van der Waals surface area contributed by atoms with Gasteiger partial charge in [0.25, 0.3) is 0 Å². The number of amides is 1. The number of ether oxygens (including phenoxy) is 1. The van der Waals surface area contributed by atoms with Crippen LogP contribution in [0.3, 0.4) is 0 Å². The second-order valence-electron chi connectivity index (χ2n) is 5.61. The van der Waals surface area contributed by atoms with Crippen molar-refractivity contribution >= 4 is 6.09 Å². The summed E-state index contributed by atoms with van der Waals surface area (Å²) < 4.78 is 5.29. The van der Waals surface area contributed by atoms with Crippen LogP contribution < -0.4 is 0 Å². The van der Waals surface area contributed by atoms with E-state index >= 15 is 0 Å². The van der Waals surface area contributed by atoms with Crippen molar-refractivity contribution in [3.05, 3.63) is 0 Å². The molecule has 3 atom stereocenters. The summed E-state index contributed by atoms with van der Waals surface area (Å²) in [5.41, 5.74) is -0.433. The minimum Gasteiger partial charge on any atom is -0.444 e. The average Bonchev–Trinajstić information content (AvgIpc) is 2.39. The third-order valence-corrected chi connectivity index (χ3v) is 3.18. The Morgan fingerprint density at radius 3 is 2.53 bits per heavy atom. The van der Waals surface area contributed by atoms with E-state index in [2.05, 4.69) is 0 Å². The van der Waals surface area contributed by atoms with Gasteiger partial charge >= 0.3 is 6.09 Å². The van der Waals surface area contributed by atoms with Crippen LogP contribution in [0.25, 0.3) is 0 Å². The Labute approximate surface area is 90.2 Å². The normalized spacial score (nSPS) is 34.7. The van der Waals surface area contributed by atoms with Gasteiger partial charge in [0.15, 0.2) is 0 Å². The zero-order valence-electron chi connectivity index (χ0n) is 9.56. The highest BCUT2D eigenvalue weighted by Gasteiger charge is 2.48. The standard InChI is InChI=1S/C11H19NO3/c1-11(2,3)15-10(14)12-5-7-4-9(13)8(7)6-12/h7-9,13H,4-6H2,1-3H3/t7-,8+,9?/m1/s1. The number of hydrogen-bond donors (Lipinski definition) is 1. The Kier molecular flexibility index (Phi) is 2.41. The third kappa shape index (κ3) is 2.09. The van der Waals surface area contributed by atoms with Gasteiger partial charge in [-0.2, -0.15) is 0 Å². The maximum absolute atomic E-state index is 11.7. The number of carbonyl (C=O) groups excluding carboxylic acids is 1. The van der Waals surface area contributed by atoms with Crippen LogP contribution in [-0.2, 0) is 4.74 Å². The summed E-state index contributed by atoms with van der Waals surface area (Å²) in [6.07, 6.45) is 0.385. The molecule has 0 spiro atoms. The van der Waals surface area contributed by atoms with Gasteiger partial charge in [-0.05, 0) is 33.1 Å². The topological polar surface area (TPSA) is 49.8 Å². The van der Waals surface area contributed by atoms with Crippen molar-refractivity contribution in [3.8, 4) is 0 Å². The number of rotatable bonds is 0. The van der Waals surface area contributed by atoms with Crippen molar-refractivity contribution in [1.29, 1.82) is 0 Å². The number of nitrogens with zero attached hydrogens (tertiary/aromatic N) is 1. The quantitative estimate of drug-likeness (QED) is 0.658. The maximum atomic E-state index is 11.7. The van der Waals surface area contributed by atoms with Gasteiger partial charge in [0.05, 0.1) is 6.10 Å². The van der Waals surface area contributed by atoms with Crippen molar-refractivity contribution < 1.29 is 14.6 Å². The van der Waals surface area contributed by atoms with E-state index in [9.17, 15) is 9.90 Å². The van der Waals surface area contributed by atoms with E-state index in [-0.39, 0.29) is 18.1 Å². The highest BCUT2D eigenvalue weighted by atomic mass is 16.6. The average molecular weight is 213 g/mol. The molecule has 1 unspecified atom stereocenters. The van der Waals surface area contributed by atoms with E-state index in [1.165, 1.54) is 0 Å². The van der Waals surface area contributed by atoms with Crippen molar-refractivity contribution in [3.63, 3.8) is 0 Å². The molecule has 1 amide bonds. The summed E-state index contributed by atoms with van der Waals surface area (Å²) in [7, 11) is 0. The summed E-state index contributed by atoms with van der Waals surface area (Å²) in [5, 5.41) is 9.47. The van der Waals surface area contributed by atoms with Gasteiger partial charge in [-0.25, -0.2) is 4.79 Å². The molecule has 4 heteroatoms. The summed E-state index contributed by atoms with van der Waals surface area (Å²) in [6.45, 7) is 7.00. The monoisotopic (exact) mass is 213 g/mol. The van der Waals surface area contributed by atoms with E-state index in [0.29, 0.717) is 12.5 Å². The lowest BCUT2D eigenvalue weighted by Crippen LogP contribution is -2.40. The zero-order valence-corrected chi connectivity index (χ0v) is 9.56.